The lowest BCUT2D eigenvalue weighted by atomic mass is 10.1. The number of ether oxygens (including phenoxy) is 1. The van der Waals surface area contributed by atoms with Gasteiger partial charge in [0.25, 0.3) is 0 Å². The predicted molar refractivity (Wildman–Crippen MR) is 99.9 cm³/mol. The van der Waals surface area contributed by atoms with Crippen molar-refractivity contribution in [3.8, 4) is 0 Å². The summed E-state index contributed by atoms with van der Waals surface area (Å²) in [5, 5.41) is 11.1. The van der Waals surface area contributed by atoms with Crippen LogP contribution in [-0.2, 0) is 11.3 Å². The Bertz CT molecular complexity index is 696. The van der Waals surface area contributed by atoms with Crippen LogP contribution in [0.5, 0.6) is 0 Å². The number of likely N-dealkylation sites (tertiary alicyclic amines) is 1. The lowest BCUT2D eigenvalue weighted by molar-refractivity contribution is 0.0492. The summed E-state index contributed by atoms with van der Waals surface area (Å²) < 4.78 is 5.34. The summed E-state index contributed by atoms with van der Waals surface area (Å²) in [6, 6.07) is 17.1. The fourth-order valence-corrected chi connectivity index (χ4v) is 3.95. The van der Waals surface area contributed by atoms with Gasteiger partial charge in [-0.2, -0.15) is 0 Å². The zero-order valence-corrected chi connectivity index (χ0v) is 15.2. The van der Waals surface area contributed by atoms with E-state index in [4.69, 9.17) is 16.3 Å². The molecule has 1 amide bonds. The number of thioether (sulfide) groups is 1. The van der Waals surface area contributed by atoms with Gasteiger partial charge in [0.2, 0.25) is 0 Å². The van der Waals surface area contributed by atoms with Gasteiger partial charge in [-0.1, -0.05) is 41.9 Å². The van der Waals surface area contributed by atoms with E-state index < -0.39 is 6.10 Å². The first-order valence-corrected chi connectivity index (χ1v) is 9.43. The average molecular weight is 378 g/mol. The molecule has 2 unspecified atom stereocenters. The van der Waals surface area contributed by atoms with E-state index in [0.717, 1.165) is 16.9 Å². The molecule has 25 heavy (non-hydrogen) atoms. The van der Waals surface area contributed by atoms with Crippen LogP contribution in [0.15, 0.2) is 59.5 Å². The van der Waals surface area contributed by atoms with Gasteiger partial charge in [-0.15, -0.1) is 11.8 Å². The van der Waals surface area contributed by atoms with Crippen LogP contribution in [0.4, 0.5) is 4.79 Å². The van der Waals surface area contributed by atoms with Crippen molar-refractivity contribution < 1.29 is 14.6 Å². The highest BCUT2D eigenvalue weighted by molar-refractivity contribution is 8.00. The minimum absolute atomic E-state index is 0.0550. The van der Waals surface area contributed by atoms with Gasteiger partial charge in [0.05, 0.1) is 12.6 Å². The molecule has 4 nitrogen and oxygen atoms in total. The lowest BCUT2D eigenvalue weighted by Crippen LogP contribution is -2.48. The maximum atomic E-state index is 12.2. The van der Waals surface area contributed by atoms with E-state index in [2.05, 4.69) is 0 Å². The Balaban J connectivity index is 1.49. The van der Waals surface area contributed by atoms with Gasteiger partial charge < -0.3 is 14.7 Å². The second kappa shape index (κ2) is 8.61. The number of benzene rings is 2. The molecule has 1 aliphatic heterocycles. The first-order chi connectivity index (χ1) is 12.1. The van der Waals surface area contributed by atoms with Crippen LogP contribution < -0.4 is 0 Å². The second-order valence-corrected chi connectivity index (χ2v) is 7.70. The maximum absolute atomic E-state index is 12.2. The van der Waals surface area contributed by atoms with Crippen molar-refractivity contribution in [1.82, 2.24) is 4.90 Å². The number of piperidine rings is 1. The van der Waals surface area contributed by atoms with Crippen LogP contribution in [-0.4, -0.2) is 40.5 Å². The molecule has 1 fully saturated rings. The number of halogens is 1. The van der Waals surface area contributed by atoms with Gasteiger partial charge in [0, 0.05) is 21.7 Å². The van der Waals surface area contributed by atoms with Gasteiger partial charge in [0.1, 0.15) is 6.61 Å². The summed E-state index contributed by atoms with van der Waals surface area (Å²) in [5.41, 5.74) is 0.949. The third-order valence-corrected chi connectivity index (χ3v) is 5.73. The van der Waals surface area contributed by atoms with Crippen LogP contribution in [0.2, 0.25) is 5.02 Å². The molecule has 132 valence electrons. The van der Waals surface area contributed by atoms with Gasteiger partial charge >= 0.3 is 6.09 Å². The van der Waals surface area contributed by atoms with Gasteiger partial charge in [0.15, 0.2) is 0 Å². The summed E-state index contributed by atoms with van der Waals surface area (Å²) in [5.74, 6) is 0. The van der Waals surface area contributed by atoms with Crippen LogP contribution in [0.25, 0.3) is 0 Å². The number of amides is 1. The van der Waals surface area contributed by atoms with Gasteiger partial charge in [-0.3, -0.25) is 0 Å². The van der Waals surface area contributed by atoms with Crippen LogP contribution in [0, 0.1) is 0 Å². The van der Waals surface area contributed by atoms with Gasteiger partial charge in [-0.05, 0) is 36.2 Å². The highest BCUT2D eigenvalue weighted by atomic mass is 35.5. The zero-order chi connectivity index (χ0) is 17.6. The lowest BCUT2D eigenvalue weighted by Gasteiger charge is -2.34. The van der Waals surface area contributed by atoms with Crippen molar-refractivity contribution in [2.45, 2.75) is 29.3 Å². The molecule has 0 bridgehead atoms. The topological polar surface area (TPSA) is 49.8 Å². The third-order valence-electron chi connectivity index (χ3n) is 4.08. The Hall–Kier alpha value is -1.69. The summed E-state index contributed by atoms with van der Waals surface area (Å²) in [4.78, 5) is 14.8. The highest BCUT2D eigenvalue weighted by Gasteiger charge is 2.31. The first kappa shape index (κ1) is 18.1. The minimum atomic E-state index is -0.585. The monoisotopic (exact) mass is 377 g/mol. The van der Waals surface area contributed by atoms with E-state index in [-0.39, 0.29) is 18.0 Å². The number of carbonyl (C=O) groups is 1. The molecule has 0 radical (unpaired) electrons. The van der Waals surface area contributed by atoms with Crippen molar-refractivity contribution >= 4 is 29.5 Å². The third kappa shape index (κ3) is 5.14. The summed E-state index contributed by atoms with van der Waals surface area (Å²) >= 11 is 7.51. The molecule has 2 aromatic carbocycles. The fraction of sp³-hybridized carbons (Fsp3) is 0.316. The summed E-state index contributed by atoms with van der Waals surface area (Å²) in [7, 11) is 0. The van der Waals surface area contributed by atoms with Crippen LogP contribution in [0.3, 0.4) is 0 Å². The van der Waals surface area contributed by atoms with E-state index >= 15 is 0 Å². The molecule has 0 aliphatic carbocycles. The number of aliphatic hydroxyl groups is 1. The number of hydrogen-bond donors (Lipinski definition) is 1. The Labute approximate surface area is 156 Å². The number of hydrogen-bond acceptors (Lipinski definition) is 4. The van der Waals surface area contributed by atoms with Crippen molar-refractivity contribution in [3.05, 3.63) is 65.2 Å². The van der Waals surface area contributed by atoms with E-state index in [0.29, 0.717) is 18.1 Å². The maximum Gasteiger partial charge on any atom is 0.410 e. The number of rotatable bonds is 4. The second-order valence-electron chi connectivity index (χ2n) is 5.95. The summed E-state index contributed by atoms with van der Waals surface area (Å²) in [6.45, 7) is 1.12. The van der Waals surface area contributed by atoms with Crippen molar-refractivity contribution in [3.63, 3.8) is 0 Å². The largest absolute Gasteiger partial charge is 0.445 e. The highest BCUT2D eigenvalue weighted by Crippen LogP contribution is 2.31. The number of nitrogens with zero attached hydrogens (tertiary/aromatic N) is 1. The standard InChI is InChI=1S/C19H20ClNO3S/c20-15-6-8-16(9-7-15)25-18-10-11-21(12-17(18)22)19(23)24-13-14-4-2-1-3-5-14/h1-9,17-18,22H,10-13H2. The smallest absolute Gasteiger partial charge is 0.410 e. The van der Waals surface area contributed by atoms with Crippen molar-refractivity contribution in [1.29, 1.82) is 0 Å². The number of carbonyl (C=O) groups excluding carboxylic acids is 1. The van der Waals surface area contributed by atoms with Crippen molar-refractivity contribution in [2.75, 3.05) is 13.1 Å². The Morgan fingerprint density at radius 2 is 1.92 bits per heavy atom. The van der Waals surface area contributed by atoms with E-state index in [1.54, 1.807) is 16.7 Å². The number of β-amino-alcohol motifs (C(OH)–C–C–N with tert-alkyl or cyclic N) is 1. The van der Waals surface area contributed by atoms with Crippen LogP contribution in [0.1, 0.15) is 12.0 Å². The molecule has 1 aliphatic rings. The Kier molecular flexibility index (Phi) is 6.24. The molecule has 1 N–H and O–H groups in total. The van der Waals surface area contributed by atoms with Crippen LogP contribution >= 0.6 is 23.4 Å². The first-order valence-electron chi connectivity index (χ1n) is 8.18. The molecule has 1 heterocycles. The molecular formula is C19H20ClNO3S. The zero-order valence-electron chi connectivity index (χ0n) is 13.7. The molecule has 0 aromatic heterocycles. The molecule has 0 spiro atoms. The molecular weight excluding hydrogens is 358 g/mol. The molecule has 1 saturated heterocycles. The Morgan fingerprint density at radius 3 is 2.60 bits per heavy atom. The predicted octanol–water partition coefficient (Wildman–Crippen LogP) is 4.20. The fourth-order valence-electron chi connectivity index (χ4n) is 2.71. The molecule has 0 saturated carbocycles. The quantitative estimate of drug-likeness (QED) is 0.867. The van der Waals surface area contributed by atoms with Gasteiger partial charge in [-0.25, -0.2) is 4.79 Å². The molecule has 3 rings (SSSR count). The normalized spacial score (nSPS) is 20.3. The van der Waals surface area contributed by atoms with E-state index in [1.165, 1.54) is 0 Å². The minimum Gasteiger partial charge on any atom is -0.445 e. The average Bonchev–Trinajstić information content (AvgIpc) is 2.64. The molecule has 2 atom stereocenters. The Morgan fingerprint density at radius 1 is 1.20 bits per heavy atom. The van der Waals surface area contributed by atoms with E-state index in [9.17, 15) is 9.90 Å². The van der Waals surface area contributed by atoms with E-state index in [1.807, 2.05) is 54.6 Å². The summed E-state index contributed by atoms with van der Waals surface area (Å²) in [6.07, 6.45) is -0.244. The number of aliphatic hydroxyl groups excluding tert-OH is 1. The molecule has 2 aromatic rings. The van der Waals surface area contributed by atoms with Crippen molar-refractivity contribution in [2.24, 2.45) is 0 Å². The SMILES string of the molecule is O=C(OCc1ccccc1)N1CCC(Sc2ccc(Cl)cc2)C(O)C1. The molecule has 6 heteroatoms.